The molecule has 0 atom stereocenters. The molecule has 2 N–H and O–H groups in total. The summed E-state index contributed by atoms with van der Waals surface area (Å²) in [5.74, 6) is 1.00. The summed E-state index contributed by atoms with van der Waals surface area (Å²) in [4.78, 5) is 11.9. The maximum Gasteiger partial charge on any atom is 0.142 e. The van der Waals surface area contributed by atoms with Gasteiger partial charge in [-0.05, 0) is 17.7 Å². The van der Waals surface area contributed by atoms with Gasteiger partial charge in [-0.25, -0.2) is 0 Å². The van der Waals surface area contributed by atoms with E-state index in [4.69, 9.17) is 10.5 Å². The molecular formula is C14H21NO2. The molecule has 0 radical (unpaired) electrons. The quantitative estimate of drug-likeness (QED) is 0.851. The fourth-order valence-corrected chi connectivity index (χ4v) is 1.37. The van der Waals surface area contributed by atoms with Gasteiger partial charge in [-0.2, -0.15) is 0 Å². The molecule has 0 saturated carbocycles. The maximum absolute atomic E-state index is 11.9. The molecule has 94 valence electrons. The minimum absolute atomic E-state index is 0.230. The number of ether oxygens (including phenoxy) is 1. The first-order chi connectivity index (χ1) is 7.93. The van der Waals surface area contributed by atoms with E-state index in [2.05, 4.69) is 0 Å². The molecule has 0 fully saturated rings. The number of rotatable bonds is 5. The van der Waals surface area contributed by atoms with Crippen molar-refractivity contribution in [3.05, 3.63) is 29.8 Å². The Bertz CT molecular complexity index is 380. The second-order valence-corrected chi connectivity index (χ2v) is 5.13. The van der Waals surface area contributed by atoms with Crippen molar-refractivity contribution < 1.29 is 9.53 Å². The first-order valence-electron chi connectivity index (χ1n) is 5.88. The van der Waals surface area contributed by atoms with Gasteiger partial charge in [0.2, 0.25) is 0 Å². The molecular weight excluding hydrogens is 214 g/mol. The Morgan fingerprint density at radius 1 is 1.35 bits per heavy atom. The Morgan fingerprint density at radius 2 is 2.06 bits per heavy atom. The van der Waals surface area contributed by atoms with Crippen molar-refractivity contribution in [1.82, 2.24) is 0 Å². The van der Waals surface area contributed by atoms with Crippen LogP contribution in [0.4, 0.5) is 0 Å². The lowest BCUT2D eigenvalue weighted by Crippen LogP contribution is -2.22. The Balaban J connectivity index is 2.69. The fraction of sp³-hybridized carbons (Fsp3) is 0.500. The van der Waals surface area contributed by atoms with Crippen molar-refractivity contribution in [2.24, 2.45) is 11.1 Å². The maximum atomic E-state index is 11.9. The molecule has 0 aliphatic heterocycles. The normalized spacial score (nSPS) is 11.3. The molecule has 1 aromatic rings. The van der Waals surface area contributed by atoms with Gasteiger partial charge in [0.05, 0.1) is 0 Å². The monoisotopic (exact) mass is 235 g/mol. The van der Waals surface area contributed by atoms with Gasteiger partial charge >= 0.3 is 0 Å². The highest BCUT2D eigenvalue weighted by Crippen LogP contribution is 2.20. The third-order valence-corrected chi connectivity index (χ3v) is 2.49. The van der Waals surface area contributed by atoms with Gasteiger partial charge in [0, 0.05) is 18.4 Å². The predicted octanol–water partition coefficient (Wildman–Crippen LogP) is 2.18. The molecule has 0 saturated heterocycles. The van der Waals surface area contributed by atoms with Crippen LogP contribution in [0.25, 0.3) is 0 Å². The van der Waals surface area contributed by atoms with Crippen LogP contribution in [0.2, 0.25) is 0 Å². The van der Waals surface area contributed by atoms with E-state index in [9.17, 15) is 4.79 Å². The third kappa shape index (κ3) is 4.57. The summed E-state index contributed by atoms with van der Waals surface area (Å²) >= 11 is 0. The highest BCUT2D eigenvalue weighted by Gasteiger charge is 2.21. The lowest BCUT2D eigenvalue weighted by molar-refractivity contribution is -0.125. The summed E-state index contributed by atoms with van der Waals surface area (Å²) in [6.45, 7) is 6.79. The van der Waals surface area contributed by atoms with Gasteiger partial charge in [0.15, 0.2) is 0 Å². The SMILES string of the molecule is CC(C)(C)C(=O)Cc1cccc(OCCN)c1. The van der Waals surface area contributed by atoms with Crippen LogP contribution in [0.15, 0.2) is 24.3 Å². The van der Waals surface area contributed by atoms with Crippen molar-refractivity contribution in [1.29, 1.82) is 0 Å². The molecule has 0 aromatic heterocycles. The van der Waals surface area contributed by atoms with E-state index in [1.165, 1.54) is 0 Å². The third-order valence-electron chi connectivity index (χ3n) is 2.49. The van der Waals surface area contributed by atoms with Crippen LogP contribution in [0.5, 0.6) is 5.75 Å². The number of Topliss-reactive ketones (excluding diaryl/α,β-unsaturated/α-hetero) is 1. The van der Waals surface area contributed by atoms with Crippen LogP contribution >= 0.6 is 0 Å². The second-order valence-electron chi connectivity index (χ2n) is 5.13. The average molecular weight is 235 g/mol. The van der Waals surface area contributed by atoms with Crippen molar-refractivity contribution in [3.8, 4) is 5.75 Å². The zero-order valence-corrected chi connectivity index (χ0v) is 10.8. The largest absolute Gasteiger partial charge is 0.492 e. The summed E-state index contributed by atoms with van der Waals surface area (Å²) in [6, 6.07) is 7.62. The van der Waals surface area contributed by atoms with Gasteiger partial charge in [-0.1, -0.05) is 32.9 Å². The standard InChI is InChI=1S/C14H21NO2/c1-14(2,3)13(16)10-11-5-4-6-12(9-11)17-8-7-15/h4-6,9H,7-8,10,15H2,1-3H3. The minimum atomic E-state index is -0.297. The summed E-state index contributed by atoms with van der Waals surface area (Å²) in [5, 5.41) is 0. The summed E-state index contributed by atoms with van der Waals surface area (Å²) < 4.78 is 5.43. The van der Waals surface area contributed by atoms with Crippen LogP contribution < -0.4 is 10.5 Å². The number of benzene rings is 1. The summed E-state index contributed by atoms with van der Waals surface area (Å²) in [6.07, 6.45) is 0.448. The topological polar surface area (TPSA) is 52.3 Å². The number of carbonyl (C=O) groups is 1. The van der Waals surface area contributed by atoms with Crippen LogP contribution in [0.1, 0.15) is 26.3 Å². The first-order valence-corrected chi connectivity index (χ1v) is 5.88. The predicted molar refractivity (Wildman–Crippen MR) is 69.2 cm³/mol. The van der Waals surface area contributed by atoms with E-state index < -0.39 is 0 Å². The van der Waals surface area contributed by atoms with Gasteiger partial charge in [-0.3, -0.25) is 4.79 Å². The van der Waals surface area contributed by atoms with Crippen LogP contribution in [-0.2, 0) is 11.2 Å². The van der Waals surface area contributed by atoms with Crippen LogP contribution in [0, 0.1) is 5.41 Å². The van der Waals surface area contributed by atoms with E-state index in [1.54, 1.807) is 0 Å². The van der Waals surface area contributed by atoms with E-state index in [-0.39, 0.29) is 11.2 Å². The van der Waals surface area contributed by atoms with Crippen molar-refractivity contribution in [2.45, 2.75) is 27.2 Å². The molecule has 1 rings (SSSR count). The van der Waals surface area contributed by atoms with E-state index in [0.717, 1.165) is 11.3 Å². The van der Waals surface area contributed by atoms with Crippen molar-refractivity contribution in [2.75, 3.05) is 13.2 Å². The molecule has 3 nitrogen and oxygen atoms in total. The number of nitrogens with two attached hydrogens (primary N) is 1. The molecule has 0 amide bonds. The number of hydrogen-bond donors (Lipinski definition) is 1. The Labute approximate surface area is 103 Å². The Hall–Kier alpha value is -1.35. The van der Waals surface area contributed by atoms with Crippen molar-refractivity contribution >= 4 is 5.78 Å². The average Bonchev–Trinajstić information content (AvgIpc) is 2.25. The smallest absolute Gasteiger partial charge is 0.142 e. The molecule has 0 bridgehead atoms. The Morgan fingerprint density at radius 3 is 2.65 bits per heavy atom. The zero-order valence-electron chi connectivity index (χ0n) is 10.8. The fourth-order valence-electron chi connectivity index (χ4n) is 1.37. The Kier molecular flexibility index (Phi) is 4.70. The lowest BCUT2D eigenvalue weighted by atomic mass is 9.87. The molecule has 1 aromatic carbocycles. The van der Waals surface area contributed by atoms with Gasteiger partial charge < -0.3 is 10.5 Å². The van der Waals surface area contributed by atoms with Crippen LogP contribution in [-0.4, -0.2) is 18.9 Å². The molecule has 0 aliphatic carbocycles. The number of ketones is 1. The molecule has 17 heavy (non-hydrogen) atoms. The molecule has 0 heterocycles. The zero-order chi connectivity index (χ0) is 12.9. The minimum Gasteiger partial charge on any atom is -0.492 e. The molecule has 0 spiro atoms. The second kappa shape index (κ2) is 5.82. The summed E-state index contributed by atoms with van der Waals surface area (Å²) in [5.41, 5.74) is 6.06. The lowest BCUT2D eigenvalue weighted by Gasteiger charge is -2.16. The molecule has 3 heteroatoms. The van der Waals surface area contributed by atoms with E-state index in [1.807, 2.05) is 45.0 Å². The highest BCUT2D eigenvalue weighted by molar-refractivity contribution is 5.85. The van der Waals surface area contributed by atoms with Gasteiger partial charge in [0.25, 0.3) is 0 Å². The molecule has 0 unspecified atom stereocenters. The number of carbonyl (C=O) groups excluding carboxylic acids is 1. The van der Waals surface area contributed by atoms with E-state index in [0.29, 0.717) is 19.6 Å². The highest BCUT2D eigenvalue weighted by atomic mass is 16.5. The van der Waals surface area contributed by atoms with Crippen LogP contribution in [0.3, 0.4) is 0 Å². The van der Waals surface area contributed by atoms with E-state index >= 15 is 0 Å². The molecule has 0 aliphatic rings. The summed E-state index contributed by atoms with van der Waals surface area (Å²) in [7, 11) is 0. The van der Waals surface area contributed by atoms with Crippen molar-refractivity contribution in [3.63, 3.8) is 0 Å². The van der Waals surface area contributed by atoms with Gasteiger partial charge in [-0.15, -0.1) is 0 Å². The van der Waals surface area contributed by atoms with Gasteiger partial charge in [0.1, 0.15) is 18.1 Å². The number of hydrogen-bond acceptors (Lipinski definition) is 3. The first kappa shape index (κ1) is 13.7.